The van der Waals surface area contributed by atoms with E-state index >= 15 is 0 Å². The summed E-state index contributed by atoms with van der Waals surface area (Å²) in [4.78, 5) is 11.0. The third kappa shape index (κ3) is 9.52. The lowest BCUT2D eigenvalue weighted by atomic mass is 10.2. The van der Waals surface area contributed by atoms with Crippen molar-refractivity contribution in [2.24, 2.45) is 5.73 Å². The minimum atomic E-state index is -3.90. The first-order valence-electron chi connectivity index (χ1n) is 9.80. The van der Waals surface area contributed by atoms with E-state index in [4.69, 9.17) is 34.7 Å². The van der Waals surface area contributed by atoms with E-state index in [9.17, 15) is 39.2 Å². The van der Waals surface area contributed by atoms with E-state index in [-0.39, 0.29) is 34.3 Å². The molecule has 36 heavy (non-hydrogen) atoms. The van der Waals surface area contributed by atoms with E-state index in [1.54, 1.807) is 0 Å². The Labute approximate surface area is 215 Å². The highest BCUT2D eigenvalue weighted by Gasteiger charge is 2.20. The van der Waals surface area contributed by atoms with Crippen LogP contribution in [0.15, 0.2) is 24.3 Å². The molecule has 0 bridgehead atoms. The number of alkyl halides is 2. The summed E-state index contributed by atoms with van der Waals surface area (Å²) in [6, 6.07) is 4.61. The summed E-state index contributed by atoms with van der Waals surface area (Å²) < 4.78 is 101. The molecule has 0 aliphatic carbocycles. The van der Waals surface area contributed by atoms with Gasteiger partial charge in [-0.1, -0.05) is 23.2 Å². The maximum Gasteiger partial charge on any atom is 0.253 e. The van der Waals surface area contributed by atoms with Crippen LogP contribution in [0.1, 0.15) is 23.2 Å². The highest BCUT2D eigenvalue weighted by atomic mass is 35.5. The van der Waals surface area contributed by atoms with Crippen molar-refractivity contribution in [1.29, 1.82) is 0 Å². The van der Waals surface area contributed by atoms with Crippen LogP contribution in [-0.4, -0.2) is 47.6 Å². The molecule has 9 nitrogen and oxygen atoms in total. The molecule has 0 heterocycles. The second kappa shape index (κ2) is 13.7. The molecule has 0 aliphatic rings. The lowest BCUT2D eigenvalue weighted by molar-refractivity contribution is 0.0996. The fraction of sp³-hybridized carbons (Fsp3) is 0.316. The number of carbonyl (C=O) groups is 1. The second-order valence-electron chi connectivity index (χ2n) is 6.90. The van der Waals surface area contributed by atoms with E-state index in [0.29, 0.717) is 0 Å². The van der Waals surface area contributed by atoms with Gasteiger partial charge in [0.25, 0.3) is 5.91 Å². The van der Waals surface area contributed by atoms with Gasteiger partial charge in [-0.2, -0.15) is 0 Å². The largest absolute Gasteiger partial charge is 0.395 e. The smallest absolute Gasteiger partial charge is 0.253 e. The summed E-state index contributed by atoms with van der Waals surface area (Å²) in [5, 5.41) is -0.231. The number of nitrogen functional groups attached to an aromatic ring is 1. The molecule has 1 amide bonds. The first-order valence-corrected chi connectivity index (χ1v) is 13.9. The van der Waals surface area contributed by atoms with Crippen LogP contribution < -0.4 is 20.9 Å². The van der Waals surface area contributed by atoms with E-state index in [1.807, 2.05) is 9.44 Å². The van der Waals surface area contributed by atoms with Crippen molar-refractivity contribution in [1.82, 2.24) is 0 Å². The quantitative estimate of drug-likeness (QED) is 0.227. The normalized spacial score (nSPS) is 11.4. The van der Waals surface area contributed by atoms with Gasteiger partial charge in [-0.25, -0.2) is 25.6 Å². The van der Waals surface area contributed by atoms with Crippen LogP contribution in [0.4, 0.5) is 34.6 Å². The van der Waals surface area contributed by atoms with Gasteiger partial charge < -0.3 is 11.5 Å². The van der Waals surface area contributed by atoms with Gasteiger partial charge >= 0.3 is 0 Å². The Morgan fingerprint density at radius 2 is 1.22 bits per heavy atom. The highest BCUT2D eigenvalue weighted by molar-refractivity contribution is 7.92. The zero-order chi connectivity index (χ0) is 27.7. The average molecular weight is 597 g/mol. The Hall–Kier alpha value is -2.49. The van der Waals surface area contributed by atoms with E-state index in [1.165, 1.54) is 6.07 Å². The van der Waals surface area contributed by atoms with Gasteiger partial charge in [-0.05, 0) is 37.1 Å². The van der Waals surface area contributed by atoms with Crippen molar-refractivity contribution >= 4 is 66.2 Å². The molecule has 0 fully saturated rings. The monoisotopic (exact) mass is 596 g/mol. The van der Waals surface area contributed by atoms with Crippen molar-refractivity contribution in [3.05, 3.63) is 51.5 Å². The molecule has 2 aromatic carbocycles. The number of nitrogens with two attached hydrogens (primary N) is 2. The molecule has 0 spiro atoms. The van der Waals surface area contributed by atoms with Crippen LogP contribution in [0.25, 0.3) is 0 Å². The van der Waals surface area contributed by atoms with E-state index in [2.05, 4.69) is 0 Å². The molecule has 0 aliphatic heterocycles. The van der Waals surface area contributed by atoms with Gasteiger partial charge in [-0.15, -0.1) is 0 Å². The lowest BCUT2D eigenvalue weighted by Crippen LogP contribution is -2.20. The molecule has 2 aromatic rings. The number of sulfonamides is 2. The molecular weight excluding hydrogens is 575 g/mol. The van der Waals surface area contributed by atoms with Gasteiger partial charge in [0.15, 0.2) is 11.6 Å². The van der Waals surface area contributed by atoms with E-state index < -0.39 is 73.7 Å². The maximum atomic E-state index is 13.9. The predicted molar refractivity (Wildman–Crippen MR) is 132 cm³/mol. The van der Waals surface area contributed by atoms with Gasteiger partial charge in [0.2, 0.25) is 20.0 Å². The first-order chi connectivity index (χ1) is 16.7. The molecule has 202 valence electrons. The Morgan fingerprint density at radius 3 is 1.64 bits per heavy atom. The van der Waals surface area contributed by atoms with E-state index in [0.717, 1.165) is 18.2 Å². The Bertz CT molecular complexity index is 1300. The minimum Gasteiger partial charge on any atom is -0.395 e. The topological polar surface area (TPSA) is 161 Å². The fourth-order valence-corrected chi connectivity index (χ4v) is 4.98. The van der Waals surface area contributed by atoms with Crippen molar-refractivity contribution in [3.8, 4) is 0 Å². The van der Waals surface area contributed by atoms with Gasteiger partial charge in [0, 0.05) is 0 Å². The number of anilines is 3. The predicted octanol–water partition coefficient (Wildman–Crippen LogP) is 3.84. The molecule has 0 aromatic heterocycles. The molecule has 0 saturated carbocycles. The summed E-state index contributed by atoms with van der Waals surface area (Å²) in [6.45, 7) is -1.57. The molecule has 0 saturated heterocycles. The Kier molecular flexibility index (Phi) is 12.0. The molecular formula is C19H22Cl2F4N4O5S2. The van der Waals surface area contributed by atoms with Crippen molar-refractivity contribution in [3.63, 3.8) is 0 Å². The third-order valence-corrected chi connectivity index (χ3v) is 7.45. The zero-order valence-electron chi connectivity index (χ0n) is 18.3. The molecule has 2 rings (SSSR count). The molecule has 0 unspecified atom stereocenters. The number of primary amides is 1. The summed E-state index contributed by atoms with van der Waals surface area (Å²) in [6.07, 6.45) is -0.368. The lowest BCUT2D eigenvalue weighted by Gasteiger charge is -2.10. The molecule has 6 N–H and O–H groups in total. The number of benzene rings is 2. The summed E-state index contributed by atoms with van der Waals surface area (Å²) in [7, 11) is -7.68. The minimum absolute atomic E-state index is 0.00536. The number of hydrogen-bond donors (Lipinski definition) is 4. The van der Waals surface area contributed by atoms with Crippen molar-refractivity contribution < 1.29 is 39.2 Å². The van der Waals surface area contributed by atoms with Crippen LogP contribution in [0.2, 0.25) is 10.0 Å². The summed E-state index contributed by atoms with van der Waals surface area (Å²) >= 11 is 11.1. The number of hydrogen-bond acceptors (Lipinski definition) is 6. The molecule has 17 heteroatoms. The van der Waals surface area contributed by atoms with Crippen molar-refractivity contribution in [2.45, 2.75) is 12.8 Å². The SMILES string of the molecule is NC(=O)c1c(Cl)ccc(NS(=O)(=O)CCCF)c1F.Nc1c(Cl)ccc(NS(=O)(=O)CCCF)c1F. The molecule has 0 atom stereocenters. The van der Waals surface area contributed by atoms with Crippen LogP contribution in [0.5, 0.6) is 0 Å². The van der Waals surface area contributed by atoms with Gasteiger partial charge in [-0.3, -0.25) is 23.0 Å². The zero-order valence-corrected chi connectivity index (χ0v) is 21.5. The number of amides is 1. The Balaban J connectivity index is 0.000000362. The molecule has 0 radical (unpaired) electrons. The number of nitrogens with one attached hydrogen (secondary N) is 2. The second-order valence-corrected chi connectivity index (χ2v) is 11.4. The number of halogens is 6. The fourth-order valence-electron chi connectivity index (χ4n) is 2.43. The number of rotatable bonds is 11. The summed E-state index contributed by atoms with van der Waals surface area (Å²) in [5.74, 6) is -4.15. The highest BCUT2D eigenvalue weighted by Crippen LogP contribution is 2.28. The third-order valence-electron chi connectivity index (χ3n) is 4.09. The van der Waals surface area contributed by atoms with Crippen molar-refractivity contribution in [2.75, 3.05) is 40.0 Å². The Morgan fingerprint density at radius 1 is 0.806 bits per heavy atom. The maximum absolute atomic E-state index is 13.9. The summed E-state index contributed by atoms with van der Waals surface area (Å²) in [5.41, 5.74) is 8.54. The standard InChI is InChI=1S/C10H11ClF2N2O3S.C9H11ClF2N2O2S/c11-6-2-3-7(9(13)8(6)10(14)16)15-19(17,18)5-1-4-12;10-6-2-3-7(8(12)9(6)13)14-17(15,16)5-1-4-11/h2-3,15H,1,4-5H2,(H2,14,16);2-3,14H,1,4-5,13H2. The van der Waals surface area contributed by atoms with Crippen LogP contribution in [-0.2, 0) is 20.0 Å². The van der Waals surface area contributed by atoms with Crippen LogP contribution in [0.3, 0.4) is 0 Å². The average Bonchev–Trinajstić information content (AvgIpc) is 2.79. The van der Waals surface area contributed by atoms with Gasteiger partial charge in [0.05, 0.1) is 57.5 Å². The van der Waals surface area contributed by atoms with Crippen LogP contribution >= 0.6 is 23.2 Å². The van der Waals surface area contributed by atoms with Crippen LogP contribution in [0, 0.1) is 11.6 Å². The van der Waals surface area contributed by atoms with Gasteiger partial charge in [0.1, 0.15) is 0 Å². The number of carbonyl (C=O) groups excluding carboxylic acids is 1. The first kappa shape index (κ1) is 31.5.